The van der Waals surface area contributed by atoms with Gasteiger partial charge in [0.15, 0.2) is 5.76 Å². The molecule has 208 valence electrons. The summed E-state index contributed by atoms with van der Waals surface area (Å²) in [6.07, 6.45) is 12.3. The molecule has 0 saturated heterocycles. The lowest BCUT2D eigenvalue weighted by Gasteiger charge is -2.25. The molecule has 0 aromatic rings. The lowest BCUT2D eigenvalue weighted by atomic mass is 9.97. The zero-order valence-corrected chi connectivity index (χ0v) is 23.7. The fraction of sp³-hybridized carbons (Fsp3) is 0.483. The first-order valence-corrected chi connectivity index (χ1v) is 12.9. The number of amides is 2. The van der Waals surface area contributed by atoms with E-state index < -0.39 is 24.0 Å². The van der Waals surface area contributed by atoms with Crippen molar-refractivity contribution in [3.8, 4) is 11.8 Å². The summed E-state index contributed by atoms with van der Waals surface area (Å²) in [5.74, 6) is 3.75. The van der Waals surface area contributed by atoms with Crippen LogP contribution in [0.4, 0.5) is 0 Å². The highest BCUT2D eigenvalue weighted by atomic mass is 35.5. The number of aliphatic hydroxyl groups excluding tert-OH is 1. The Balaban J connectivity index is 2.59. The summed E-state index contributed by atoms with van der Waals surface area (Å²) in [6.45, 7) is 9.21. The number of carbonyl (C=O) groups is 3. The van der Waals surface area contributed by atoms with Crippen LogP contribution in [-0.2, 0) is 23.9 Å². The summed E-state index contributed by atoms with van der Waals surface area (Å²) >= 11 is 5.75. The highest BCUT2D eigenvalue weighted by molar-refractivity contribution is 6.29. The Kier molecular flexibility index (Phi) is 14.9. The van der Waals surface area contributed by atoms with Crippen molar-refractivity contribution < 1.29 is 29.0 Å². The van der Waals surface area contributed by atoms with Crippen LogP contribution < -0.4 is 10.6 Å². The van der Waals surface area contributed by atoms with Crippen molar-refractivity contribution in [2.24, 2.45) is 11.8 Å². The number of ether oxygens (including phenoxy) is 2. The maximum atomic E-state index is 12.5. The van der Waals surface area contributed by atoms with Crippen LogP contribution in [0.1, 0.15) is 53.9 Å². The number of halogens is 1. The monoisotopic (exact) mass is 546 g/mol. The Bertz CT molecular complexity index is 1040. The van der Waals surface area contributed by atoms with Crippen LogP contribution in [0.3, 0.4) is 0 Å². The molecule has 9 heteroatoms. The number of allylic oxidation sites excluding steroid dienone is 4. The number of esters is 1. The Morgan fingerprint density at radius 3 is 2.61 bits per heavy atom. The molecule has 1 aliphatic heterocycles. The SMILES string of the molecule is COC1=CC[C@@H]([C@@H](C)/C=C(C)/C=C\C#CC(=O)N[C@H](C(=O)N/C=C\C[C@@H](O)C/C=C(\C)Cl)C(C)C)OC1=O. The third-order valence-corrected chi connectivity index (χ3v) is 5.76. The van der Waals surface area contributed by atoms with E-state index in [2.05, 4.69) is 22.5 Å². The standard InChI is InChI=1S/C29H39ClN2O6/c1-19(2)27(28(35)31-17-9-11-23(33)14-13-22(5)30)32-26(34)12-8-7-10-20(3)18-21(4)24-15-16-25(37-6)29(36)38-24/h7,9-10,13,16-19,21,23-24,27,33H,11,14-15H2,1-6H3,(H,31,35)(H,32,34)/b10-7-,17-9-,20-18+,22-13+/t21-,23+,24-,27-/m0/s1. The Morgan fingerprint density at radius 2 is 2.00 bits per heavy atom. The lowest BCUT2D eigenvalue weighted by Crippen LogP contribution is -2.48. The molecule has 0 radical (unpaired) electrons. The van der Waals surface area contributed by atoms with Gasteiger partial charge in [0.05, 0.1) is 13.2 Å². The molecule has 1 heterocycles. The van der Waals surface area contributed by atoms with Gasteiger partial charge in [-0.2, -0.15) is 0 Å². The van der Waals surface area contributed by atoms with Crippen molar-refractivity contribution in [1.82, 2.24) is 10.6 Å². The molecule has 0 spiro atoms. The van der Waals surface area contributed by atoms with E-state index in [4.69, 9.17) is 21.1 Å². The average Bonchev–Trinajstić information content (AvgIpc) is 2.86. The molecule has 0 fully saturated rings. The first kappa shape index (κ1) is 32.7. The van der Waals surface area contributed by atoms with Crippen molar-refractivity contribution in [2.45, 2.75) is 72.1 Å². The van der Waals surface area contributed by atoms with E-state index >= 15 is 0 Å². The molecule has 4 atom stereocenters. The number of nitrogens with one attached hydrogen (secondary N) is 2. The third kappa shape index (κ3) is 12.8. The fourth-order valence-corrected chi connectivity index (χ4v) is 3.55. The topological polar surface area (TPSA) is 114 Å². The van der Waals surface area contributed by atoms with Crippen molar-refractivity contribution in [2.75, 3.05) is 7.11 Å². The molecule has 0 aliphatic carbocycles. The number of hydrogen-bond acceptors (Lipinski definition) is 6. The van der Waals surface area contributed by atoms with Crippen LogP contribution in [0, 0.1) is 23.7 Å². The number of hydrogen-bond donors (Lipinski definition) is 3. The van der Waals surface area contributed by atoms with Gasteiger partial charge in [-0.15, -0.1) is 0 Å². The second-order valence-electron chi connectivity index (χ2n) is 9.35. The molecular formula is C29H39ClN2O6. The van der Waals surface area contributed by atoms with Crippen LogP contribution in [-0.4, -0.2) is 48.2 Å². The van der Waals surface area contributed by atoms with Gasteiger partial charge in [-0.3, -0.25) is 9.59 Å². The molecule has 0 aromatic carbocycles. The summed E-state index contributed by atoms with van der Waals surface area (Å²) in [7, 11) is 1.43. The van der Waals surface area contributed by atoms with Gasteiger partial charge >= 0.3 is 5.97 Å². The average molecular weight is 547 g/mol. The van der Waals surface area contributed by atoms with Crippen molar-refractivity contribution in [3.05, 3.63) is 59.0 Å². The van der Waals surface area contributed by atoms with Crippen LogP contribution in [0.15, 0.2) is 59.0 Å². The van der Waals surface area contributed by atoms with Gasteiger partial charge in [0.1, 0.15) is 12.1 Å². The zero-order chi connectivity index (χ0) is 28.7. The Hall–Kier alpha value is -3.28. The predicted octanol–water partition coefficient (Wildman–Crippen LogP) is 4.03. The second kappa shape index (κ2) is 17.3. The molecule has 8 nitrogen and oxygen atoms in total. The fourth-order valence-electron chi connectivity index (χ4n) is 3.46. The Labute approximate surface area is 230 Å². The zero-order valence-electron chi connectivity index (χ0n) is 22.9. The van der Waals surface area contributed by atoms with E-state index in [-0.39, 0.29) is 29.6 Å². The van der Waals surface area contributed by atoms with Gasteiger partial charge in [-0.05, 0) is 56.9 Å². The number of aliphatic hydroxyl groups is 1. The maximum Gasteiger partial charge on any atom is 0.373 e. The van der Waals surface area contributed by atoms with Crippen molar-refractivity contribution in [1.29, 1.82) is 0 Å². The third-order valence-electron chi connectivity index (χ3n) is 5.60. The summed E-state index contributed by atoms with van der Waals surface area (Å²) in [6, 6.07) is -0.773. The largest absolute Gasteiger partial charge is 0.490 e. The molecule has 0 unspecified atom stereocenters. The van der Waals surface area contributed by atoms with Crippen molar-refractivity contribution >= 4 is 29.4 Å². The molecule has 0 aromatic heterocycles. The summed E-state index contributed by atoms with van der Waals surface area (Å²) in [5.41, 5.74) is 0.898. The minimum absolute atomic E-state index is 0.0242. The van der Waals surface area contributed by atoms with E-state index in [1.165, 1.54) is 13.3 Å². The first-order valence-electron chi connectivity index (χ1n) is 12.5. The number of methoxy groups -OCH3 is 1. The normalized spacial score (nSPS) is 18.8. The predicted molar refractivity (Wildman–Crippen MR) is 148 cm³/mol. The Morgan fingerprint density at radius 1 is 1.29 bits per heavy atom. The highest BCUT2D eigenvalue weighted by Crippen LogP contribution is 2.22. The summed E-state index contributed by atoms with van der Waals surface area (Å²) < 4.78 is 10.4. The van der Waals surface area contributed by atoms with Gasteiger partial charge in [0.2, 0.25) is 5.91 Å². The molecule has 1 rings (SSSR count). The highest BCUT2D eigenvalue weighted by Gasteiger charge is 2.27. The van der Waals surface area contributed by atoms with Gasteiger partial charge < -0.3 is 25.2 Å². The van der Waals surface area contributed by atoms with Gasteiger partial charge in [-0.1, -0.05) is 68.2 Å². The van der Waals surface area contributed by atoms with Crippen LogP contribution in [0.5, 0.6) is 0 Å². The van der Waals surface area contributed by atoms with E-state index in [0.29, 0.717) is 24.3 Å². The quantitative estimate of drug-likeness (QED) is 0.193. The maximum absolute atomic E-state index is 12.5. The number of carbonyl (C=O) groups excluding carboxylic acids is 3. The van der Waals surface area contributed by atoms with E-state index in [1.54, 1.807) is 37.3 Å². The molecule has 0 bridgehead atoms. The smallest absolute Gasteiger partial charge is 0.373 e. The molecular weight excluding hydrogens is 508 g/mol. The molecule has 0 saturated carbocycles. The molecule has 2 amide bonds. The van der Waals surface area contributed by atoms with Crippen LogP contribution in [0.2, 0.25) is 0 Å². The van der Waals surface area contributed by atoms with E-state index in [1.807, 2.05) is 33.8 Å². The molecule has 3 N–H and O–H groups in total. The minimum Gasteiger partial charge on any atom is -0.490 e. The van der Waals surface area contributed by atoms with Gasteiger partial charge in [0.25, 0.3) is 5.91 Å². The van der Waals surface area contributed by atoms with Gasteiger partial charge in [-0.25, -0.2) is 4.79 Å². The lowest BCUT2D eigenvalue weighted by molar-refractivity contribution is -0.151. The molecule has 38 heavy (non-hydrogen) atoms. The van der Waals surface area contributed by atoms with Crippen LogP contribution in [0.25, 0.3) is 0 Å². The van der Waals surface area contributed by atoms with E-state index in [9.17, 15) is 19.5 Å². The van der Waals surface area contributed by atoms with Gasteiger partial charge in [0, 0.05) is 17.4 Å². The summed E-state index contributed by atoms with van der Waals surface area (Å²) in [5, 5.41) is 15.7. The van der Waals surface area contributed by atoms with E-state index in [0.717, 1.165) is 5.57 Å². The number of cyclic esters (lactones) is 1. The molecule has 1 aliphatic rings. The first-order chi connectivity index (χ1) is 17.9. The number of rotatable bonds is 12. The summed E-state index contributed by atoms with van der Waals surface area (Å²) in [4.78, 5) is 36.6. The van der Waals surface area contributed by atoms with Crippen molar-refractivity contribution in [3.63, 3.8) is 0 Å². The minimum atomic E-state index is -0.773. The second-order valence-corrected chi connectivity index (χ2v) is 9.94. The van der Waals surface area contributed by atoms with Crippen LogP contribution >= 0.6 is 11.6 Å².